The lowest BCUT2D eigenvalue weighted by Gasteiger charge is -2.10. The third kappa shape index (κ3) is 2.35. The number of benzene rings is 3. The van der Waals surface area contributed by atoms with Gasteiger partial charge >= 0.3 is 0 Å². The van der Waals surface area contributed by atoms with Crippen LogP contribution in [-0.2, 0) is 0 Å². The summed E-state index contributed by atoms with van der Waals surface area (Å²) in [4.78, 5) is 0. The minimum atomic E-state index is 1.33. The van der Waals surface area contributed by atoms with Crippen molar-refractivity contribution < 1.29 is 0 Å². The molecular weight excluding hydrogens is 228 g/mol. The molecule has 98 valence electrons. The predicted molar refractivity (Wildman–Crippen MR) is 87.0 cm³/mol. The molecule has 0 N–H and O–H groups in total. The lowest BCUT2D eigenvalue weighted by molar-refractivity contribution is 1.36. The zero-order valence-corrected chi connectivity index (χ0v) is 12.5. The van der Waals surface area contributed by atoms with Crippen molar-refractivity contribution in [1.29, 1.82) is 0 Å². The molecule has 0 aromatic heterocycles. The number of hydrogen-bond acceptors (Lipinski definition) is 0. The van der Waals surface area contributed by atoms with Crippen LogP contribution in [0.15, 0.2) is 42.5 Å². The monoisotopic (exact) mass is 250 g/mol. The van der Waals surface area contributed by atoms with Gasteiger partial charge in [-0.3, -0.25) is 0 Å². The molecule has 19 heavy (non-hydrogen) atoms. The van der Waals surface area contributed by atoms with E-state index in [1.807, 2.05) is 13.8 Å². The molecule has 0 spiro atoms. The molecule has 0 amide bonds. The Morgan fingerprint density at radius 1 is 0.632 bits per heavy atom. The van der Waals surface area contributed by atoms with Gasteiger partial charge in [-0.15, -0.1) is 0 Å². The summed E-state index contributed by atoms with van der Waals surface area (Å²) in [6.45, 7) is 10.6. The highest BCUT2D eigenvalue weighted by atomic mass is 14.1. The first kappa shape index (κ1) is 13.6. The molecule has 0 fully saturated rings. The van der Waals surface area contributed by atoms with Crippen molar-refractivity contribution in [3.8, 4) is 0 Å². The summed E-state index contributed by atoms with van der Waals surface area (Å²) in [5, 5.41) is 5.43. The molecule has 0 aliphatic heterocycles. The molecule has 0 heterocycles. The van der Waals surface area contributed by atoms with E-state index in [2.05, 4.69) is 63.2 Å². The van der Waals surface area contributed by atoms with E-state index in [1.165, 1.54) is 38.2 Å². The van der Waals surface area contributed by atoms with Crippen LogP contribution in [0.5, 0.6) is 0 Å². The number of fused-ring (bicyclic) bond motifs is 2. The van der Waals surface area contributed by atoms with Crippen LogP contribution in [0.3, 0.4) is 0 Å². The highest BCUT2D eigenvalue weighted by Crippen LogP contribution is 2.29. The minimum Gasteiger partial charge on any atom is -0.0683 e. The molecule has 0 unspecified atom stereocenters. The fourth-order valence-electron chi connectivity index (χ4n) is 2.56. The second-order valence-corrected chi connectivity index (χ2v) is 4.88. The van der Waals surface area contributed by atoms with Gasteiger partial charge in [0.25, 0.3) is 0 Å². The lowest BCUT2D eigenvalue weighted by atomic mass is 9.95. The predicted octanol–water partition coefficient (Wildman–Crippen LogP) is 5.94. The van der Waals surface area contributed by atoms with E-state index >= 15 is 0 Å². The van der Waals surface area contributed by atoms with Gasteiger partial charge < -0.3 is 0 Å². The van der Waals surface area contributed by atoms with E-state index in [9.17, 15) is 0 Å². The minimum absolute atomic E-state index is 1.33. The van der Waals surface area contributed by atoms with E-state index in [0.29, 0.717) is 0 Å². The lowest BCUT2D eigenvalue weighted by Crippen LogP contribution is -1.86. The summed E-state index contributed by atoms with van der Waals surface area (Å²) in [7, 11) is 0. The molecule has 0 saturated heterocycles. The van der Waals surface area contributed by atoms with Crippen LogP contribution in [-0.4, -0.2) is 0 Å². The zero-order valence-electron chi connectivity index (χ0n) is 12.5. The van der Waals surface area contributed by atoms with Crippen LogP contribution in [0.4, 0.5) is 0 Å². The molecule has 3 aromatic carbocycles. The van der Waals surface area contributed by atoms with Crippen LogP contribution >= 0.6 is 0 Å². The Kier molecular flexibility index (Phi) is 3.90. The van der Waals surface area contributed by atoms with Crippen molar-refractivity contribution in [3.63, 3.8) is 0 Å². The van der Waals surface area contributed by atoms with Crippen molar-refractivity contribution in [3.05, 3.63) is 59.2 Å². The van der Waals surface area contributed by atoms with Crippen molar-refractivity contribution >= 4 is 21.5 Å². The van der Waals surface area contributed by atoms with Gasteiger partial charge in [0.15, 0.2) is 0 Å². The summed E-state index contributed by atoms with van der Waals surface area (Å²) in [6, 6.07) is 15.5. The molecule has 0 atom stereocenters. The molecule has 0 bridgehead atoms. The Morgan fingerprint density at radius 2 is 1.26 bits per heavy atom. The maximum atomic E-state index is 2.31. The van der Waals surface area contributed by atoms with Crippen molar-refractivity contribution in [2.45, 2.75) is 34.6 Å². The van der Waals surface area contributed by atoms with Crippen LogP contribution < -0.4 is 0 Å². The average molecular weight is 250 g/mol. The Morgan fingerprint density at radius 3 is 2.00 bits per heavy atom. The van der Waals surface area contributed by atoms with Crippen LogP contribution in [0.2, 0.25) is 0 Å². The molecule has 3 rings (SSSR count). The third-order valence-corrected chi connectivity index (χ3v) is 3.75. The summed E-state index contributed by atoms with van der Waals surface area (Å²) in [5.41, 5.74) is 4.13. The Bertz CT molecular complexity index is 721. The fraction of sp³-hybridized carbons (Fsp3) is 0.263. The maximum Gasteiger partial charge on any atom is -0.0145 e. The van der Waals surface area contributed by atoms with E-state index in [1.54, 1.807) is 0 Å². The highest BCUT2D eigenvalue weighted by Gasteiger charge is 2.05. The smallest absolute Gasteiger partial charge is 0.0145 e. The highest BCUT2D eigenvalue weighted by molar-refractivity contribution is 6.02. The topological polar surface area (TPSA) is 0 Å². The van der Waals surface area contributed by atoms with Crippen molar-refractivity contribution in [1.82, 2.24) is 0 Å². The molecule has 0 saturated carbocycles. The Balaban J connectivity index is 0.000000637. The fourth-order valence-corrected chi connectivity index (χ4v) is 2.56. The summed E-state index contributed by atoms with van der Waals surface area (Å²) in [5.74, 6) is 0. The van der Waals surface area contributed by atoms with Gasteiger partial charge in [0.05, 0.1) is 0 Å². The van der Waals surface area contributed by atoms with Gasteiger partial charge in [0.2, 0.25) is 0 Å². The SMILES string of the molecule is CC.Cc1cc2cc3ccccc3c(C)c2cc1C. The maximum absolute atomic E-state index is 2.31. The van der Waals surface area contributed by atoms with E-state index in [0.717, 1.165) is 0 Å². The van der Waals surface area contributed by atoms with Gasteiger partial charge in [0, 0.05) is 0 Å². The Labute approximate surface area is 116 Å². The van der Waals surface area contributed by atoms with E-state index in [-0.39, 0.29) is 0 Å². The van der Waals surface area contributed by atoms with Crippen molar-refractivity contribution in [2.75, 3.05) is 0 Å². The molecule has 0 heteroatoms. The summed E-state index contributed by atoms with van der Waals surface area (Å²) >= 11 is 0. The van der Waals surface area contributed by atoms with E-state index in [4.69, 9.17) is 0 Å². The van der Waals surface area contributed by atoms with Crippen LogP contribution in [0.25, 0.3) is 21.5 Å². The van der Waals surface area contributed by atoms with Crippen molar-refractivity contribution in [2.24, 2.45) is 0 Å². The molecule has 0 radical (unpaired) electrons. The van der Waals surface area contributed by atoms with Gasteiger partial charge in [-0.2, -0.15) is 0 Å². The Hall–Kier alpha value is -1.82. The quantitative estimate of drug-likeness (QED) is 0.433. The van der Waals surface area contributed by atoms with E-state index < -0.39 is 0 Å². The summed E-state index contributed by atoms with van der Waals surface area (Å²) < 4.78 is 0. The standard InChI is InChI=1S/C17H16.C2H6/c1-11-8-15-10-14-6-4-5-7-16(14)13(3)17(15)9-12(11)2;1-2/h4-10H,1-3H3;1-2H3. The third-order valence-electron chi connectivity index (χ3n) is 3.75. The van der Waals surface area contributed by atoms with Gasteiger partial charge in [0.1, 0.15) is 0 Å². The number of rotatable bonds is 0. The van der Waals surface area contributed by atoms with Gasteiger partial charge in [-0.25, -0.2) is 0 Å². The largest absolute Gasteiger partial charge is 0.0683 e. The summed E-state index contributed by atoms with van der Waals surface area (Å²) in [6.07, 6.45) is 0. The first-order valence-electron chi connectivity index (χ1n) is 7.06. The molecule has 0 aliphatic carbocycles. The van der Waals surface area contributed by atoms with Crippen LogP contribution in [0, 0.1) is 20.8 Å². The first-order valence-corrected chi connectivity index (χ1v) is 7.06. The van der Waals surface area contributed by atoms with Gasteiger partial charge in [-0.05, 0) is 65.1 Å². The molecule has 0 aliphatic rings. The molecule has 3 aromatic rings. The second kappa shape index (κ2) is 5.44. The van der Waals surface area contributed by atoms with Gasteiger partial charge in [-0.1, -0.05) is 50.2 Å². The van der Waals surface area contributed by atoms with Crippen LogP contribution in [0.1, 0.15) is 30.5 Å². The number of aryl methyl sites for hydroxylation is 3. The average Bonchev–Trinajstić information content (AvgIpc) is 2.44. The molecule has 0 nitrogen and oxygen atoms in total. The zero-order chi connectivity index (χ0) is 14.0. The first-order chi connectivity index (χ1) is 9.16. The molecular formula is C19H22. The normalized spacial score (nSPS) is 10.4. The second-order valence-electron chi connectivity index (χ2n) is 4.88. The number of hydrogen-bond donors (Lipinski definition) is 0.